The van der Waals surface area contributed by atoms with Gasteiger partial charge in [0.05, 0.1) is 23.8 Å². The second-order valence-corrected chi connectivity index (χ2v) is 8.02. The highest BCUT2D eigenvalue weighted by Gasteiger charge is 2.19. The Kier molecular flexibility index (Phi) is 6.90. The zero-order valence-corrected chi connectivity index (χ0v) is 18.6. The van der Waals surface area contributed by atoms with Crippen molar-refractivity contribution in [3.8, 4) is 11.1 Å². The number of rotatable bonds is 6. The summed E-state index contributed by atoms with van der Waals surface area (Å²) in [7, 11) is 0. The molecule has 0 bridgehead atoms. The number of amides is 3. The van der Waals surface area contributed by atoms with Gasteiger partial charge < -0.3 is 20.9 Å². The Bertz CT molecular complexity index is 1170. The van der Waals surface area contributed by atoms with E-state index in [-0.39, 0.29) is 30.8 Å². The van der Waals surface area contributed by atoms with Gasteiger partial charge in [-0.2, -0.15) is 0 Å². The van der Waals surface area contributed by atoms with Crippen LogP contribution in [0.2, 0.25) is 5.02 Å². The third kappa shape index (κ3) is 5.70. The molecule has 1 aliphatic heterocycles. The number of piperazine rings is 1. The molecule has 0 aromatic heterocycles. The van der Waals surface area contributed by atoms with Crippen LogP contribution in [0.3, 0.4) is 0 Å². The van der Waals surface area contributed by atoms with Crippen LogP contribution in [-0.4, -0.2) is 43.9 Å². The molecule has 1 heterocycles. The van der Waals surface area contributed by atoms with Crippen LogP contribution in [0.15, 0.2) is 72.8 Å². The van der Waals surface area contributed by atoms with Crippen molar-refractivity contribution in [3.63, 3.8) is 0 Å². The molecular formula is C25H23ClN4O3. The van der Waals surface area contributed by atoms with Crippen LogP contribution in [-0.2, 0) is 9.59 Å². The van der Waals surface area contributed by atoms with Crippen molar-refractivity contribution in [2.75, 3.05) is 36.4 Å². The molecule has 168 valence electrons. The molecular weight excluding hydrogens is 440 g/mol. The summed E-state index contributed by atoms with van der Waals surface area (Å²) >= 11 is 6.36. The van der Waals surface area contributed by atoms with Crippen molar-refractivity contribution in [1.29, 1.82) is 0 Å². The Morgan fingerprint density at radius 3 is 2.39 bits per heavy atom. The normalized spacial score (nSPS) is 13.2. The minimum absolute atomic E-state index is 0.0554. The second kappa shape index (κ2) is 10.2. The molecule has 0 atom stereocenters. The number of halogens is 1. The van der Waals surface area contributed by atoms with Crippen LogP contribution in [0, 0.1) is 0 Å². The highest BCUT2D eigenvalue weighted by atomic mass is 35.5. The fourth-order valence-corrected chi connectivity index (χ4v) is 3.90. The minimum Gasteiger partial charge on any atom is -0.359 e. The van der Waals surface area contributed by atoms with Crippen molar-refractivity contribution in [3.05, 3.63) is 83.4 Å². The molecule has 1 saturated heterocycles. The lowest BCUT2D eigenvalue weighted by atomic mass is 10.0. The first-order valence-corrected chi connectivity index (χ1v) is 10.9. The molecule has 0 spiro atoms. The quantitative estimate of drug-likeness (QED) is 0.524. The molecule has 3 amide bonds. The van der Waals surface area contributed by atoms with Crippen molar-refractivity contribution in [2.45, 2.75) is 0 Å². The van der Waals surface area contributed by atoms with E-state index in [1.807, 2.05) is 47.4 Å². The van der Waals surface area contributed by atoms with E-state index in [4.69, 9.17) is 11.6 Å². The van der Waals surface area contributed by atoms with Crippen LogP contribution in [0.4, 0.5) is 11.4 Å². The number of nitrogens with zero attached hydrogens (tertiary/aromatic N) is 1. The molecule has 3 aromatic carbocycles. The number of hydrogen-bond acceptors (Lipinski definition) is 4. The number of carbonyl (C=O) groups is 3. The predicted octanol–water partition coefficient (Wildman–Crippen LogP) is 3.31. The summed E-state index contributed by atoms with van der Waals surface area (Å²) < 4.78 is 0. The first-order valence-electron chi connectivity index (χ1n) is 10.5. The van der Waals surface area contributed by atoms with Crippen LogP contribution < -0.4 is 20.9 Å². The van der Waals surface area contributed by atoms with Gasteiger partial charge in [0.25, 0.3) is 5.91 Å². The molecule has 4 rings (SSSR count). The number of benzene rings is 3. The summed E-state index contributed by atoms with van der Waals surface area (Å²) in [6, 6.07) is 22.2. The van der Waals surface area contributed by atoms with Crippen LogP contribution in [0.25, 0.3) is 11.1 Å². The van der Waals surface area contributed by atoms with Gasteiger partial charge in [-0.15, -0.1) is 0 Å². The van der Waals surface area contributed by atoms with Crippen molar-refractivity contribution < 1.29 is 14.4 Å². The molecule has 0 saturated carbocycles. The van der Waals surface area contributed by atoms with Gasteiger partial charge >= 0.3 is 0 Å². The van der Waals surface area contributed by atoms with Gasteiger partial charge in [-0.05, 0) is 41.5 Å². The maximum Gasteiger partial charge on any atom is 0.251 e. The average Bonchev–Trinajstić information content (AvgIpc) is 2.83. The van der Waals surface area contributed by atoms with Crippen molar-refractivity contribution >= 4 is 40.7 Å². The van der Waals surface area contributed by atoms with E-state index in [0.29, 0.717) is 29.4 Å². The highest BCUT2D eigenvalue weighted by Crippen LogP contribution is 2.29. The van der Waals surface area contributed by atoms with E-state index in [2.05, 4.69) is 16.0 Å². The van der Waals surface area contributed by atoms with Crippen molar-refractivity contribution in [2.24, 2.45) is 0 Å². The molecule has 0 radical (unpaired) electrons. The van der Waals surface area contributed by atoms with Gasteiger partial charge in [0, 0.05) is 24.3 Å². The van der Waals surface area contributed by atoms with Gasteiger partial charge in [-0.25, -0.2) is 0 Å². The van der Waals surface area contributed by atoms with Gasteiger partial charge in [-0.3, -0.25) is 14.4 Å². The zero-order valence-electron chi connectivity index (χ0n) is 17.8. The molecule has 0 aliphatic carbocycles. The third-order valence-electron chi connectivity index (χ3n) is 5.27. The topological polar surface area (TPSA) is 90.5 Å². The molecule has 3 aromatic rings. The monoisotopic (exact) mass is 462 g/mol. The van der Waals surface area contributed by atoms with E-state index in [0.717, 1.165) is 16.8 Å². The Morgan fingerprint density at radius 2 is 1.70 bits per heavy atom. The number of hydrogen-bond donors (Lipinski definition) is 3. The minimum atomic E-state index is -0.370. The Labute approximate surface area is 196 Å². The Morgan fingerprint density at radius 1 is 0.970 bits per heavy atom. The van der Waals surface area contributed by atoms with Gasteiger partial charge in [0.15, 0.2) is 0 Å². The van der Waals surface area contributed by atoms with Crippen LogP contribution in [0.1, 0.15) is 10.4 Å². The van der Waals surface area contributed by atoms with Crippen molar-refractivity contribution in [1.82, 2.24) is 10.6 Å². The SMILES string of the molecule is O=C1CN(c2ccc(NC(=O)CNC(=O)c3ccc(-c4ccccc4)cc3)cc2Cl)CCN1. The zero-order chi connectivity index (χ0) is 23.2. The number of anilines is 2. The molecule has 1 aliphatic rings. The molecule has 33 heavy (non-hydrogen) atoms. The lowest BCUT2D eigenvalue weighted by molar-refractivity contribution is -0.120. The summed E-state index contributed by atoms with van der Waals surface area (Å²) in [5.74, 6) is -0.757. The van der Waals surface area contributed by atoms with E-state index in [1.54, 1.807) is 30.3 Å². The van der Waals surface area contributed by atoms with Gasteiger partial charge in [0.2, 0.25) is 11.8 Å². The van der Waals surface area contributed by atoms with Gasteiger partial charge in [-0.1, -0.05) is 54.1 Å². The summed E-state index contributed by atoms with van der Waals surface area (Å²) in [6.45, 7) is 1.28. The lowest BCUT2D eigenvalue weighted by Crippen LogP contribution is -2.47. The Hall–Kier alpha value is -3.84. The summed E-state index contributed by atoms with van der Waals surface area (Å²) in [5.41, 5.74) is 3.79. The second-order valence-electron chi connectivity index (χ2n) is 7.61. The molecule has 1 fully saturated rings. The fourth-order valence-electron chi connectivity index (χ4n) is 3.60. The van der Waals surface area contributed by atoms with E-state index in [1.165, 1.54) is 0 Å². The highest BCUT2D eigenvalue weighted by molar-refractivity contribution is 6.33. The summed E-state index contributed by atoms with van der Waals surface area (Å²) in [6.07, 6.45) is 0. The molecule has 3 N–H and O–H groups in total. The number of nitrogens with one attached hydrogen (secondary N) is 3. The standard InChI is InChI=1S/C25H23ClN4O3/c26-21-14-20(10-11-22(21)30-13-12-27-24(32)16-30)29-23(31)15-28-25(33)19-8-6-18(7-9-19)17-4-2-1-3-5-17/h1-11,14H,12-13,15-16H2,(H,27,32)(H,28,33)(H,29,31). The average molecular weight is 463 g/mol. The fraction of sp³-hybridized carbons (Fsp3) is 0.160. The summed E-state index contributed by atoms with van der Waals surface area (Å²) in [5, 5.41) is 8.55. The lowest BCUT2D eigenvalue weighted by Gasteiger charge is -2.29. The number of carbonyl (C=O) groups excluding carboxylic acids is 3. The van der Waals surface area contributed by atoms with E-state index < -0.39 is 0 Å². The third-order valence-corrected chi connectivity index (χ3v) is 5.58. The Balaban J connectivity index is 1.30. The molecule has 8 heteroatoms. The smallest absolute Gasteiger partial charge is 0.251 e. The molecule has 0 unspecified atom stereocenters. The largest absolute Gasteiger partial charge is 0.359 e. The van der Waals surface area contributed by atoms with Crippen LogP contribution >= 0.6 is 11.6 Å². The molecule has 7 nitrogen and oxygen atoms in total. The van der Waals surface area contributed by atoms with Crippen LogP contribution in [0.5, 0.6) is 0 Å². The van der Waals surface area contributed by atoms with E-state index in [9.17, 15) is 14.4 Å². The first-order chi connectivity index (χ1) is 16.0. The summed E-state index contributed by atoms with van der Waals surface area (Å²) in [4.78, 5) is 38.2. The first kappa shape index (κ1) is 22.4. The van der Waals surface area contributed by atoms with Gasteiger partial charge in [0.1, 0.15) is 0 Å². The predicted molar refractivity (Wildman–Crippen MR) is 130 cm³/mol. The maximum absolute atomic E-state index is 12.4. The maximum atomic E-state index is 12.4. The van der Waals surface area contributed by atoms with E-state index >= 15 is 0 Å².